The van der Waals surface area contributed by atoms with E-state index in [2.05, 4.69) is 36.5 Å². The molecule has 2 nitrogen and oxygen atoms in total. The first kappa shape index (κ1) is 16.8. The van der Waals surface area contributed by atoms with Crippen molar-refractivity contribution in [3.05, 3.63) is 64.2 Å². The summed E-state index contributed by atoms with van der Waals surface area (Å²) in [5.41, 5.74) is 3.62. The van der Waals surface area contributed by atoms with E-state index in [0.29, 0.717) is 0 Å². The van der Waals surface area contributed by atoms with Gasteiger partial charge in [-0.05, 0) is 30.7 Å². The fraction of sp³-hybridized carbons (Fsp3) is 0.250. The van der Waals surface area contributed by atoms with Crippen LogP contribution in [0.25, 0.3) is 0 Å². The molecule has 0 heterocycles. The van der Waals surface area contributed by atoms with Gasteiger partial charge in [0, 0.05) is 23.7 Å². The van der Waals surface area contributed by atoms with Gasteiger partial charge in [-0.1, -0.05) is 41.4 Å². The molecule has 0 unspecified atom stereocenters. The topological polar surface area (TPSA) is 21.3 Å². The van der Waals surface area contributed by atoms with Crippen LogP contribution in [0, 0.1) is 6.92 Å². The molecule has 0 fully saturated rings. The van der Waals surface area contributed by atoms with E-state index in [1.54, 1.807) is 7.11 Å². The van der Waals surface area contributed by atoms with Gasteiger partial charge in [0.1, 0.15) is 5.75 Å². The molecule has 0 atom stereocenters. The average molecular weight is 312 g/mol. The zero-order valence-electron chi connectivity index (χ0n) is 11.7. The number of hydrogen-bond donors (Lipinski definition) is 1. The van der Waals surface area contributed by atoms with Gasteiger partial charge in [0.2, 0.25) is 0 Å². The van der Waals surface area contributed by atoms with Crippen LogP contribution in [0.5, 0.6) is 5.75 Å². The molecule has 0 amide bonds. The van der Waals surface area contributed by atoms with Crippen LogP contribution < -0.4 is 10.1 Å². The van der Waals surface area contributed by atoms with Crippen molar-refractivity contribution in [2.75, 3.05) is 7.11 Å². The standard InChI is InChI=1S/C16H18ClNO.ClH/c1-12-3-5-13(6-4-12)10-18-11-14-9-15(17)7-8-16(14)19-2;/h3-9,18H,10-11H2,1-2H3;1H. The first-order chi connectivity index (χ1) is 9.19. The molecule has 0 aromatic heterocycles. The SMILES string of the molecule is COc1ccc(Cl)cc1CNCc1ccc(C)cc1.Cl. The second-order valence-corrected chi connectivity index (χ2v) is 4.98. The van der Waals surface area contributed by atoms with Crippen molar-refractivity contribution in [1.82, 2.24) is 5.32 Å². The van der Waals surface area contributed by atoms with Crippen molar-refractivity contribution >= 4 is 24.0 Å². The monoisotopic (exact) mass is 311 g/mol. The van der Waals surface area contributed by atoms with Gasteiger partial charge in [0.15, 0.2) is 0 Å². The van der Waals surface area contributed by atoms with E-state index in [4.69, 9.17) is 16.3 Å². The molecule has 2 rings (SSSR count). The smallest absolute Gasteiger partial charge is 0.123 e. The quantitative estimate of drug-likeness (QED) is 0.885. The van der Waals surface area contributed by atoms with Crippen molar-refractivity contribution in [2.45, 2.75) is 20.0 Å². The first-order valence-corrected chi connectivity index (χ1v) is 6.65. The normalized spacial score (nSPS) is 9.95. The number of benzene rings is 2. The molecular formula is C16H19Cl2NO. The molecular weight excluding hydrogens is 293 g/mol. The van der Waals surface area contributed by atoms with Crippen molar-refractivity contribution < 1.29 is 4.74 Å². The molecule has 20 heavy (non-hydrogen) atoms. The van der Waals surface area contributed by atoms with Gasteiger partial charge in [0.05, 0.1) is 7.11 Å². The van der Waals surface area contributed by atoms with Gasteiger partial charge >= 0.3 is 0 Å². The number of hydrogen-bond acceptors (Lipinski definition) is 2. The fourth-order valence-electron chi connectivity index (χ4n) is 1.93. The van der Waals surface area contributed by atoms with E-state index in [1.165, 1.54) is 11.1 Å². The van der Waals surface area contributed by atoms with Crippen LogP contribution >= 0.6 is 24.0 Å². The van der Waals surface area contributed by atoms with Crippen molar-refractivity contribution in [1.29, 1.82) is 0 Å². The highest BCUT2D eigenvalue weighted by atomic mass is 35.5. The Morgan fingerprint density at radius 3 is 2.40 bits per heavy atom. The summed E-state index contributed by atoms with van der Waals surface area (Å²) in [4.78, 5) is 0. The molecule has 0 aliphatic rings. The Labute approximate surface area is 131 Å². The van der Waals surface area contributed by atoms with Crippen LogP contribution in [-0.2, 0) is 13.1 Å². The first-order valence-electron chi connectivity index (χ1n) is 6.27. The molecule has 4 heteroatoms. The second kappa shape index (κ2) is 8.15. The molecule has 0 spiro atoms. The lowest BCUT2D eigenvalue weighted by Crippen LogP contribution is -2.13. The maximum atomic E-state index is 6.00. The highest BCUT2D eigenvalue weighted by Gasteiger charge is 2.03. The lowest BCUT2D eigenvalue weighted by molar-refractivity contribution is 0.407. The van der Waals surface area contributed by atoms with Crippen LogP contribution in [0.4, 0.5) is 0 Å². The Bertz CT molecular complexity index is 541. The molecule has 2 aromatic rings. The van der Waals surface area contributed by atoms with E-state index in [0.717, 1.165) is 29.4 Å². The van der Waals surface area contributed by atoms with Gasteiger partial charge in [-0.25, -0.2) is 0 Å². The van der Waals surface area contributed by atoms with Gasteiger partial charge in [-0.15, -0.1) is 12.4 Å². The Morgan fingerprint density at radius 1 is 1.05 bits per heavy atom. The van der Waals surface area contributed by atoms with E-state index in [1.807, 2.05) is 18.2 Å². The Morgan fingerprint density at radius 2 is 1.75 bits per heavy atom. The minimum absolute atomic E-state index is 0. The van der Waals surface area contributed by atoms with E-state index in [-0.39, 0.29) is 12.4 Å². The number of nitrogens with one attached hydrogen (secondary N) is 1. The predicted octanol–water partition coefficient (Wildman–Crippen LogP) is 4.37. The lowest BCUT2D eigenvalue weighted by atomic mass is 10.1. The summed E-state index contributed by atoms with van der Waals surface area (Å²) in [5, 5.41) is 4.13. The van der Waals surface area contributed by atoms with Crippen LogP contribution in [0.15, 0.2) is 42.5 Å². The maximum Gasteiger partial charge on any atom is 0.123 e. The van der Waals surface area contributed by atoms with Gasteiger partial charge in [0.25, 0.3) is 0 Å². The minimum Gasteiger partial charge on any atom is -0.496 e. The molecule has 0 saturated carbocycles. The third-order valence-electron chi connectivity index (χ3n) is 3.01. The third-order valence-corrected chi connectivity index (χ3v) is 3.24. The fourth-order valence-corrected chi connectivity index (χ4v) is 2.13. The van der Waals surface area contributed by atoms with Gasteiger partial charge in [-0.3, -0.25) is 0 Å². The Hall–Kier alpha value is -1.22. The summed E-state index contributed by atoms with van der Waals surface area (Å²) < 4.78 is 5.32. The summed E-state index contributed by atoms with van der Waals surface area (Å²) in [6.07, 6.45) is 0. The maximum absolute atomic E-state index is 6.00. The number of methoxy groups -OCH3 is 1. The molecule has 0 radical (unpaired) electrons. The van der Waals surface area contributed by atoms with Crippen molar-refractivity contribution in [3.63, 3.8) is 0 Å². The van der Waals surface area contributed by atoms with E-state index >= 15 is 0 Å². The zero-order chi connectivity index (χ0) is 13.7. The van der Waals surface area contributed by atoms with Gasteiger partial charge < -0.3 is 10.1 Å². The highest BCUT2D eigenvalue weighted by molar-refractivity contribution is 6.30. The zero-order valence-corrected chi connectivity index (χ0v) is 13.2. The Balaban J connectivity index is 0.00000200. The molecule has 108 valence electrons. The average Bonchev–Trinajstić information content (AvgIpc) is 2.41. The molecule has 0 aliphatic heterocycles. The molecule has 1 N–H and O–H groups in total. The summed E-state index contributed by atoms with van der Waals surface area (Å²) in [5.74, 6) is 0.862. The van der Waals surface area contributed by atoms with E-state index < -0.39 is 0 Å². The Kier molecular flexibility index (Phi) is 6.86. The predicted molar refractivity (Wildman–Crippen MR) is 87.0 cm³/mol. The summed E-state index contributed by atoms with van der Waals surface area (Å²) in [6, 6.07) is 14.2. The van der Waals surface area contributed by atoms with Crippen LogP contribution in [0.1, 0.15) is 16.7 Å². The van der Waals surface area contributed by atoms with Crippen LogP contribution in [0.2, 0.25) is 5.02 Å². The lowest BCUT2D eigenvalue weighted by Gasteiger charge is -2.10. The molecule has 2 aromatic carbocycles. The largest absolute Gasteiger partial charge is 0.496 e. The van der Waals surface area contributed by atoms with Crippen LogP contribution in [0.3, 0.4) is 0 Å². The molecule has 0 saturated heterocycles. The molecule has 0 aliphatic carbocycles. The third kappa shape index (κ3) is 4.71. The summed E-state index contributed by atoms with van der Waals surface area (Å²) >= 11 is 6.00. The number of ether oxygens (including phenoxy) is 1. The van der Waals surface area contributed by atoms with Crippen molar-refractivity contribution in [3.8, 4) is 5.75 Å². The highest BCUT2D eigenvalue weighted by Crippen LogP contribution is 2.22. The number of halogens is 2. The summed E-state index contributed by atoms with van der Waals surface area (Å²) in [6.45, 7) is 3.65. The van der Waals surface area contributed by atoms with Gasteiger partial charge in [-0.2, -0.15) is 0 Å². The summed E-state index contributed by atoms with van der Waals surface area (Å²) in [7, 11) is 1.67. The van der Waals surface area contributed by atoms with Crippen LogP contribution in [-0.4, -0.2) is 7.11 Å². The minimum atomic E-state index is 0. The van der Waals surface area contributed by atoms with E-state index in [9.17, 15) is 0 Å². The number of aryl methyl sites for hydroxylation is 1. The number of rotatable bonds is 5. The second-order valence-electron chi connectivity index (χ2n) is 4.55. The molecule has 0 bridgehead atoms. The van der Waals surface area contributed by atoms with Crippen molar-refractivity contribution in [2.24, 2.45) is 0 Å².